The van der Waals surface area contributed by atoms with Crippen molar-refractivity contribution >= 4 is 17.9 Å². The van der Waals surface area contributed by atoms with Crippen LogP contribution in [0.4, 0.5) is 0 Å². The molecular formula is C33H50O6. The van der Waals surface area contributed by atoms with Gasteiger partial charge >= 0.3 is 17.9 Å². The van der Waals surface area contributed by atoms with E-state index in [0.29, 0.717) is 42.4 Å². The highest BCUT2D eigenvalue weighted by molar-refractivity contribution is 5.67. The summed E-state index contributed by atoms with van der Waals surface area (Å²) in [5.41, 5.74) is 2.75. The molecule has 0 spiro atoms. The highest BCUT2D eigenvalue weighted by Gasteiger charge is 2.60. The fraction of sp³-hybridized carbons (Fsp3) is 0.788. The molecule has 9 atom stereocenters. The Balaban J connectivity index is 1.55. The minimum Gasteiger partial charge on any atom is -0.462 e. The molecule has 4 aliphatic carbocycles. The van der Waals surface area contributed by atoms with Crippen LogP contribution in [0.2, 0.25) is 0 Å². The maximum atomic E-state index is 12.2. The molecule has 218 valence electrons. The normalized spacial score (nSPS) is 36.9. The van der Waals surface area contributed by atoms with Gasteiger partial charge in [-0.25, -0.2) is 0 Å². The molecule has 0 bridgehead atoms. The number of fused-ring (bicyclic) bond motifs is 5. The molecule has 0 unspecified atom stereocenters. The van der Waals surface area contributed by atoms with Crippen LogP contribution in [0.25, 0.3) is 0 Å². The lowest BCUT2D eigenvalue weighted by Crippen LogP contribution is -2.54. The second-order valence-electron chi connectivity index (χ2n) is 13.7. The SMILES string of the molecule is CC(=O)O[C@@H]1CC2=CC=C3[C@@H]4CC[C@H]([C@H](C)CC[C@@H](OC(C)=O)C(C)C)[C@@]4(C)CC[C@@H]3[C@@]2(C)[C@@H](OC(C)=O)C1. The molecule has 0 N–H and O–H groups in total. The molecule has 0 heterocycles. The van der Waals surface area contributed by atoms with E-state index in [2.05, 4.69) is 46.8 Å². The molecule has 0 aromatic carbocycles. The van der Waals surface area contributed by atoms with Gasteiger partial charge in [0.1, 0.15) is 18.3 Å². The third-order valence-corrected chi connectivity index (χ3v) is 11.0. The van der Waals surface area contributed by atoms with Gasteiger partial charge in [-0.05, 0) is 73.5 Å². The van der Waals surface area contributed by atoms with Crippen molar-refractivity contribution in [2.24, 2.45) is 40.4 Å². The second-order valence-corrected chi connectivity index (χ2v) is 13.7. The average Bonchev–Trinajstić information content (AvgIpc) is 3.18. The van der Waals surface area contributed by atoms with Crippen molar-refractivity contribution in [2.75, 3.05) is 0 Å². The van der Waals surface area contributed by atoms with E-state index < -0.39 is 0 Å². The van der Waals surface area contributed by atoms with Crippen LogP contribution in [0.1, 0.15) is 107 Å². The number of carbonyl (C=O) groups is 3. The number of carbonyl (C=O) groups excluding carboxylic acids is 3. The highest BCUT2D eigenvalue weighted by Crippen LogP contribution is 2.66. The Morgan fingerprint density at radius 1 is 0.897 bits per heavy atom. The van der Waals surface area contributed by atoms with E-state index in [4.69, 9.17) is 14.2 Å². The van der Waals surface area contributed by atoms with E-state index in [1.165, 1.54) is 44.8 Å². The Morgan fingerprint density at radius 2 is 1.59 bits per heavy atom. The van der Waals surface area contributed by atoms with Crippen molar-refractivity contribution in [1.29, 1.82) is 0 Å². The van der Waals surface area contributed by atoms with Gasteiger partial charge in [0, 0.05) is 39.0 Å². The Hall–Kier alpha value is -2.11. The molecule has 0 aromatic heterocycles. The van der Waals surface area contributed by atoms with Gasteiger partial charge < -0.3 is 14.2 Å². The minimum atomic E-state index is -0.303. The molecule has 0 aromatic rings. The predicted molar refractivity (Wildman–Crippen MR) is 150 cm³/mol. The summed E-state index contributed by atoms with van der Waals surface area (Å²) in [4.78, 5) is 35.5. The van der Waals surface area contributed by atoms with Crippen LogP contribution in [-0.2, 0) is 28.6 Å². The van der Waals surface area contributed by atoms with Crippen LogP contribution < -0.4 is 0 Å². The molecule has 39 heavy (non-hydrogen) atoms. The van der Waals surface area contributed by atoms with E-state index >= 15 is 0 Å². The Morgan fingerprint density at radius 3 is 2.21 bits per heavy atom. The van der Waals surface area contributed by atoms with Gasteiger partial charge in [0.2, 0.25) is 0 Å². The monoisotopic (exact) mass is 542 g/mol. The van der Waals surface area contributed by atoms with Crippen molar-refractivity contribution in [3.8, 4) is 0 Å². The summed E-state index contributed by atoms with van der Waals surface area (Å²) < 4.78 is 17.2. The summed E-state index contributed by atoms with van der Waals surface area (Å²) in [6.07, 6.45) is 11.9. The van der Waals surface area contributed by atoms with E-state index in [-0.39, 0.29) is 47.0 Å². The lowest BCUT2D eigenvalue weighted by Gasteiger charge is -2.57. The summed E-state index contributed by atoms with van der Waals surface area (Å²) in [6.45, 7) is 15.9. The van der Waals surface area contributed by atoms with Gasteiger partial charge in [0.15, 0.2) is 0 Å². The Bertz CT molecular complexity index is 1030. The standard InChI is InChI=1S/C33H50O6/c1-19(2)30(38-22(5)35)14-9-20(3)27-12-13-28-26-11-10-24-17-25(37-21(4)34)18-31(39-23(6)36)33(24,8)29(26)15-16-32(27,28)7/h10-11,19-20,25,27-31H,9,12-18H2,1-8H3/t20-,25-,27-,28+,29+,30-,31+,32-,33+/m1/s1. The summed E-state index contributed by atoms with van der Waals surface area (Å²) in [5.74, 6) is 1.63. The van der Waals surface area contributed by atoms with Gasteiger partial charge in [-0.3, -0.25) is 14.4 Å². The van der Waals surface area contributed by atoms with Gasteiger partial charge in [0.25, 0.3) is 0 Å². The predicted octanol–water partition coefficient (Wildman–Crippen LogP) is 6.96. The first-order valence-electron chi connectivity index (χ1n) is 15.2. The number of rotatable bonds is 8. The molecule has 4 rings (SSSR count). The second kappa shape index (κ2) is 11.4. The lowest BCUT2D eigenvalue weighted by atomic mass is 9.49. The summed E-state index contributed by atoms with van der Waals surface area (Å²) in [6, 6.07) is 0. The van der Waals surface area contributed by atoms with Gasteiger partial charge in [-0.1, -0.05) is 57.9 Å². The van der Waals surface area contributed by atoms with Crippen molar-refractivity contribution in [3.63, 3.8) is 0 Å². The van der Waals surface area contributed by atoms with Crippen LogP contribution in [0.5, 0.6) is 0 Å². The largest absolute Gasteiger partial charge is 0.462 e. The first-order chi connectivity index (χ1) is 18.3. The fourth-order valence-corrected chi connectivity index (χ4v) is 9.05. The lowest BCUT2D eigenvalue weighted by molar-refractivity contribution is -0.165. The summed E-state index contributed by atoms with van der Waals surface area (Å²) in [7, 11) is 0. The number of ether oxygens (including phenoxy) is 3. The van der Waals surface area contributed by atoms with E-state index in [1.807, 2.05) is 0 Å². The molecule has 6 nitrogen and oxygen atoms in total. The molecule has 4 aliphatic rings. The van der Waals surface area contributed by atoms with Gasteiger partial charge in [-0.2, -0.15) is 0 Å². The highest BCUT2D eigenvalue weighted by atomic mass is 16.6. The Labute approximate surface area is 235 Å². The fourth-order valence-electron chi connectivity index (χ4n) is 9.05. The van der Waals surface area contributed by atoms with Crippen LogP contribution in [0, 0.1) is 40.4 Å². The maximum absolute atomic E-state index is 12.2. The molecular weight excluding hydrogens is 492 g/mol. The van der Waals surface area contributed by atoms with Crippen LogP contribution in [0.15, 0.2) is 23.3 Å². The zero-order valence-corrected chi connectivity index (χ0v) is 25.4. The van der Waals surface area contributed by atoms with Crippen molar-refractivity contribution < 1.29 is 28.6 Å². The average molecular weight is 543 g/mol. The quantitative estimate of drug-likeness (QED) is 0.244. The number of esters is 3. The van der Waals surface area contributed by atoms with Gasteiger partial charge in [0.05, 0.1) is 0 Å². The van der Waals surface area contributed by atoms with Crippen molar-refractivity contribution in [2.45, 2.75) is 125 Å². The topological polar surface area (TPSA) is 78.9 Å². The third kappa shape index (κ3) is 5.72. The molecule has 0 radical (unpaired) electrons. The van der Waals surface area contributed by atoms with Crippen molar-refractivity contribution in [1.82, 2.24) is 0 Å². The molecule has 3 fully saturated rings. The van der Waals surface area contributed by atoms with E-state index in [9.17, 15) is 14.4 Å². The van der Waals surface area contributed by atoms with E-state index in [0.717, 1.165) is 25.7 Å². The van der Waals surface area contributed by atoms with Crippen molar-refractivity contribution in [3.05, 3.63) is 23.3 Å². The maximum Gasteiger partial charge on any atom is 0.302 e. The van der Waals surface area contributed by atoms with Gasteiger partial charge in [-0.15, -0.1) is 0 Å². The smallest absolute Gasteiger partial charge is 0.302 e. The first kappa shape index (κ1) is 29.9. The number of hydrogen-bond donors (Lipinski definition) is 0. The molecule has 3 saturated carbocycles. The Kier molecular flexibility index (Phi) is 8.73. The molecule has 0 saturated heterocycles. The molecule has 0 aliphatic heterocycles. The zero-order valence-electron chi connectivity index (χ0n) is 25.4. The van der Waals surface area contributed by atoms with Crippen LogP contribution in [0.3, 0.4) is 0 Å². The first-order valence-corrected chi connectivity index (χ1v) is 15.2. The molecule has 6 heteroatoms. The molecule has 0 amide bonds. The summed E-state index contributed by atoms with van der Waals surface area (Å²) >= 11 is 0. The van der Waals surface area contributed by atoms with Crippen LogP contribution in [-0.4, -0.2) is 36.2 Å². The number of allylic oxidation sites excluding steroid dienone is 3. The number of hydrogen-bond acceptors (Lipinski definition) is 6. The third-order valence-electron chi connectivity index (χ3n) is 11.0. The van der Waals surface area contributed by atoms with Crippen LogP contribution >= 0.6 is 0 Å². The minimum absolute atomic E-state index is 0.0180. The zero-order chi connectivity index (χ0) is 28.7. The summed E-state index contributed by atoms with van der Waals surface area (Å²) in [5, 5.41) is 0. The van der Waals surface area contributed by atoms with E-state index in [1.54, 1.807) is 0 Å².